The lowest BCUT2D eigenvalue weighted by molar-refractivity contribution is -0.133. The Morgan fingerprint density at radius 1 is 1.50 bits per heavy atom. The zero-order valence-corrected chi connectivity index (χ0v) is 10.7. The minimum Gasteiger partial charge on any atom is -0.364 e. The molecule has 0 radical (unpaired) electrons. The number of hydrogen-bond donors (Lipinski definition) is 2. The lowest BCUT2D eigenvalue weighted by Gasteiger charge is -2.29. The van der Waals surface area contributed by atoms with Crippen molar-refractivity contribution in [1.29, 1.82) is 0 Å². The summed E-state index contributed by atoms with van der Waals surface area (Å²) in [6.45, 7) is 8.84. The zero-order valence-electron chi connectivity index (χ0n) is 10.7. The first kappa shape index (κ1) is 13.5. The fraction of sp³-hybridized carbons (Fsp3) is 0.917. The molecule has 1 fully saturated rings. The summed E-state index contributed by atoms with van der Waals surface area (Å²) >= 11 is 0. The molecule has 0 aromatic carbocycles. The molecule has 3 unspecified atom stereocenters. The van der Waals surface area contributed by atoms with Gasteiger partial charge in [0.2, 0.25) is 5.91 Å². The van der Waals surface area contributed by atoms with Crippen molar-refractivity contribution < 1.29 is 9.53 Å². The maximum atomic E-state index is 11.9. The van der Waals surface area contributed by atoms with Gasteiger partial charge in [0.1, 0.15) is 6.10 Å². The van der Waals surface area contributed by atoms with E-state index < -0.39 is 0 Å². The van der Waals surface area contributed by atoms with Crippen LogP contribution in [0.4, 0.5) is 0 Å². The van der Waals surface area contributed by atoms with Crippen molar-refractivity contribution in [2.45, 2.75) is 58.8 Å². The maximum Gasteiger partial charge on any atom is 0.249 e. The SMILES string of the molecule is CC(NC(=O)C1CCC(CN)O1)C(C)(C)C. The van der Waals surface area contributed by atoms with E-state index in [1.54, 1.807) is 0 Å². The van der Waals surface area contributed by atoms with Gasteiger partial charge in [0, 0.05) is 12.6 Å². The maximum absolute atomic E-state index is 11.9. The normalized spacial score (nSPS) is 27.8. The van der Waals surface area contributed by atoms with Gasteiger partial charge >= 0.3 is 0 Å². The van der Waals surface area contributed by atoms with Gasteiger partial charge < -0.3 is 15.8 Å². The summed E-state index contributed by atoms with van der Waals surface area (Å²) in [5, 5.41) is 3.00. The van der Waals surface area contributed by atoms with Gasteiger partial charge in [-0.25, -0.2) is 0 Å². The van der Waals surface area contributed by atoms with E-state index in [0.717, 1.165) is 12.8 Å². The summed E-state index contributed by atoms with van der Waals surface area (Å²) in [6.07, 6.45) is 1.42. The van der Waals surface area contributed by atoms with Crippen molar-refractivity contribution in [2.75, 3.05) is 6.54 Å². The molecule has 0 bridgehead atoms. The Bertz CT molecular complexity index is 248. The monoisotopic (exact) mass is 228 g/mol. The standard InChI is InChI=1S/C12H24N2O2/c1-8(12(2,3)4)14-11(15)10-6-5-9(7-13)16-10/h8-10H,5-7,13H2,1-4H3,(H,14,15). The summed E-state index contributed by atoms with van der Waals surface area (Å²) in [5.74, 6) is -0.00150. The third kappa shape index (κ3) is 3.46. The molecule has 1 rings (SSSR count). The van der Waals surface area contributed by atoms with Crippen molar-refractivity contribution in [3.05, 3.63) is 0 Å². The summed E-state index contributed by atoms with van der Waals surface area (Å²) in [7, 11) is 0. The molecule has 0 aromatic heterocycles. The van der Waals surface area contributed by atoms with Gasteiger partial charge in [0.15, 0.2) is 0 Å². The van der Waals surface area contributed by atoms with Crippen LogP contribution in [0.5, 0.6) is 0 Å². The van der Waals surface area contributed by atoms with E-state index in [0.29, 0.717) is 6.54 Å². The van der Waals surface area contributed by atoms with Crippen molar-refractivity contribution in [3.63, 3.8) is 0 Å². The smallest absolute Gasteiger partial charge is 0.249 e. The highest BCUT2D eigenvalue weighted by Crippen LogP contribution is 2.22. The predicted molar refractivity (Wildman–Crippen MR) is 64.0 cm³/mol. The van der Waals surface area contributed by atoms with Gasteiger partial charge in [-0.2, -0.15) is 0 Å². The van der Waals surface area contributed by atoms with Crippen molar-refractivity contribution in [2.24, 2.45) is 11.1 Å². The van der Waals surface area contributed by atoms with E-state index in [1.165, 1.54) is 0 Å². The van der Waals surface area contributed by atoms with Gasteiger partial charge in [-0.3, -0.25) is 4.79 Å². The van der Waals surface area contributed by atoms with Crippen LogP contribution in [0.1, 0.15) is 40.5 Å². The molecule has 1 saturated heterocycles. The molecule has 0 saturated carbocycles. The molecule has 3 atom stereocenters. The molecule has 3 N–H and O–H groups in total. The fourth-order valence-electron chi connectivity index (χ4n) is 1.59. The van der Waals surface area contributed by atoms with Crippen LogP contribution in [-0.2, 0) is 9.53 Å². The molecule has 4 nitrogen and oxygen atoms in total. The summed E-state index contributed by atoms with van der Waals surface area (Å²) in [4.78, 5) is 11.9. The van der Waals surface area contributed by atoms with Crippen LogP contribution in [-0.4, -0.2) is 30.7 Å². The molecule has 16 heavy (non-hydrogen) atoms. The Hall–Kier alpha value is -0.610. The molecule has 1 aliphatic heterocycles. The van der Waals surface area contributed by atoms with Crippen LogP contribution >= 0.6 is 0 Å². The van der Waals surface area contributed by atoms with Gasteiger partial charge in [0.05, 0.1) is 6.10 Å². The fourth-order valence-corrected chi connectivity index (χ4v) is 1.59. The Kier molecular flexibility index (Phi) is 4.33. The molecule has 1 amide bonds. The first-order chi connectivity index (χ1) is 7.34. The largest absolute Gasteiger partial charge is 0.364 e. The number of amides is 1. The lowest BCUT2D eigenvalue weighted by atomic mass is 9.88. The summed E-state index contributed by atoms with van der Waals surface area (Å²) in [5.41, 5.74) is 5.58. The number of carbonyl (C=O) groups is 1. The molecule has 0 aromatic rings. The molecule has 0 spiro atoms. The number of hydrogen-bond acceptors (Lipinski definition) is 3. The van der Waals surface area contributed by atoms with Crippen molar-refractivity contribution in [3.8, 4) is 0 Å². The van der Waals surface area contributed by atoms with Crippen LogP contribution in [0.25, 0.3) is 0 Å². The third-order valence-corrected chi connectivity index (χ3v) is 3.32. The Labute approximate surface area is 97.9 Å². The minimum absolute atomic E-state index is 0.00150. The summed E-state index contributed by atoms with van der Waals surface area (Å²) < 4.78 is 5.55. The molecule has 94 valence electrons. The lowest BCUT2D eigenvalue weighted by Crippen LogP contribution is -2.46. The van der Waals surface area contributed by atoms with E-state index in [1.807, 2.05) is 6.92 Å². The van der Waals surface area contributed by atoms with Crippen LogP contribution < -0.4 is 11.1 Å². The van der Waals surface area contributed by atoms with Crippen LogP contribution in [0.3, 0.4) is 0 Å². The molecular weight excluding hydrogens is 204 g/mol. The highest BCUT2D eigenvalue weighted by molar-refractivity contribution is 5.81. The number of carbonyl (C=O) groups excluding carboxylic acids is 1. The van der Waals surface area contributed by atoms with Gasteiger partial charge in [-0.05, 0) is 25.2 Å². The van der Waals surface area contributed by atoms with Gasteiger partial charge in [-0.1, -0.05) is 20.8 Å². The second-order valence-electron chi connectivity index (χ2n) is 5.66. The molecule has 1 aliphatic rings. The van der Waals surface area contributed by atoms with Gasteiger partial charge in [-0.15, -0.1) is 0 Å². The highest BCUT2D eigenvalue weighted by atomic mass is 16.5. The molecular formula is C12H24N2O2. The average molecular weight is 228 g/mol. The Morgan fingerprint density at radius 3 is 2.56 bits per heavy atom. The first-order valence-corrected chi connectivity index (χ1v) is 6.00. The number of nitrogens with one attached hydrogen (secondary N) is 1. The van der Waals surface area contributed by atoms with E-state index >= 15 is 0 Å². The number of ether oxygens (including phenoxy) is 1. The van der Waals surface area contributed by atoms with Crippen LogP contribution in [0, 0.1) is 5.41 Å². The number of nitrogens with two attached hydrogens (primary N) is 1. The topological polar surface area (TPSA) is 64.4 Å². The van der Waals surface area contributed by atoms with E-state index in [9.17, 15) is 4.79 Å². The second kappa shape index (κ2) is 5.15. The summed E-state index contributed by atoms with van der Waals surface area (Å²) in [6, 6.07) is 0.139. The van der Waals surface area contributed by atoms with E-state index in [-0.39, 0.29) is 29.6 Å². The Morgan fingerprint density at radius 2 is 2.12 bits per heavy atom. The Balaban J connectivity index is 2.42. The minimum atomic E-state index is -0.307. The number of rotatable bonds is 3. The predicted octanol–water partition coefficient (Wildman–Crippen LogP) is 1.04. The van der Waals surface area contributed by atoms with Crippen molar-refractivity contribution >= 4 is 5.91 Å². The molecule has 1 heterocycles. The average Bonchev–Trinajstić information content (AvgIpc) is 2.64. The molecule has 0 aliphatic carbocycles. The highest BCUT2D eigenvalue weighted by Gasteiger charge is 2.32. The zero-order chi connectivity index (χ0) is 12.3. The first-order valence-electron chi connectivity index (χ1n) is 6.00. The van der Waals surface area contributed by atoms with E-state index in [4.69, 9.17) is 10.5 Å². The quantitative estimate of drug-likeness (QED) is 0.758. The van der Waals surface area contributed by atoms with Crippen LogP contribution in [0.2, 0.25) is 0 Å². The second-order valence-corrected chi connectivity index (χ2v) is 5.66. The van der Waals surface area contributed by atoms with Gasteiger partial charge in [0.25, 0.3) is 0 Å². The molecule has 4 heteroatoms. The van der Waals surface area contributed by atoms with E-state index in [2.05, 4.69) is 26.1 Å². The van der Waals surface area contributed by atoms with Crippen molar-refractivity contribution in [1.82, 2.24) is 5.32 Å². The van der Waals surface area contributed by atoms with Crippen LogP contribution in [0.15, 0.2) is 0 Å². The third-order valence-electron chi connectivity index (χ3n) is 3.32.